The fourth-order valence-corrected chi connectivity index (χ4v) is 6.37. The molecule has 2 N–H and O–H groups in total. The Morgan fingerprint density at radius 3 is 2.74 bits per heavy atom. The average Bonchev–Trinajstić information content (AvgIpc) is 3.50. The van der Waals surface area contributed by atoms with Gasteiger partial charge in [0.1, 0.15) is 17.4 Å². The van der Waals surface area contributed by atoms with Gasteiger partial charge in [-0.1, -0.05) is 17.7 Å². The van der Waals surface area contributed by atoms with Crippen LogP contribution in [0.5, 0.6) is 0 Å². The lowest BCUT2D eigenvalue weighted by Gasteiger charge is -2.43. The van der Waals surface area contributed by atoms with Crippen LogP contribution in [-0.2, 0) is 11.2 Å². The number of urea groups is 1. The van der Waals surface area contributed by atoms with E-state index in [1.54, 1.807) is 17.0 Å². The third-order valence-corrected chi connectivity index (χ3v) is 8.26. The number of halogens is 2. The molecule has 0 bridgehead atoms. The topological polar surface area (TPSA) is 79.9 Å². The molecule has 4 aliphatic rings. The summed E-state index contributed by atoms with van der Waals surface area (Å²) in [7, 11) is 0. The Labute approximate surface area is 207 Å². The molecule has 1 aromatic heterocycles. The number of hydrogen-bond acceptors (Lipinski definition) is 4. The number of aromatic nitrogens is 1. The molecule has 7 nitrogen and oxygen atoms in total. The van der Waals surface area contributed by atoms with Crippen molar-refractivity contribution in [3.8, 4) is 0 Å². The van der Waals surface area contributed by atoms with E-state index in [4.69, 9.17) is 11.6 Å². The van der Waals surface area contributed by atoms with Crippen molar-refractivity contribution in [2.24, 2.45) is 0 Å². The van der Waals surface area contributed by atoms with Crippen molar-refractivity contribution in [1.29, 1.82) is 0 Å². The van der Waals surface area contributed by atoms with Crippen molar-refractivity contribution in [3.63, 3.8) is 0 Å². The van der Waals surface area contributed by atoms with Gasteiger partial charge in [-0.25, -0.2) is 9.18 Å². The van der Waals surface area contributed by atoms with Crippen LogP contribution < -0.4 is 0 Å². The van der Waals surface area contributed by atoms with Crippen molar-refractivity contribution in [1.82, 2.24) is 19.7 Å². The van der Waals surface area contributed by atoms with Gasteiger partial charge in [0.25, 0.3) is 5.91 Å². The van der Waals surface area contributed by atoms with E-state index in [0.29, 0.717) is 37.9 Å². The SMILES string of the molecule is C[C@@]12Cc3c([nH]c4cc(F)c(Cl)cc34)[C@@H](C3=CCCC(O)=C3)N1C(=O)N(CCN1CCCC1)C2=O. The first kappa shape index (κ1) is 22.6. The fraction of sp³-hybridized carbons (Fsp3) is 0.462. The fourth-order valence-electron chi connectivity index (χ4n) is 6.20. The van der Waals surface area contributed by atoms with Crippen LogP contribution in [0.15, 0.2) is 35.6 Å². The molecule has 2 saturated heterocycles. The monoisotopic (exact) mass is 498 g/mol. The zero-order valence-electron chi connectivity index (χ0n) is 19.6. The normalized spacial score (nSPS) is 26.9. The minimum Gasteiger partial charge on any atom is -0.512 e. The highest BCUT2D eigenvalue weighted by Crippen LogP contribution is 2.50. The lowest BCUT2D eigenvalue weighted by molar-refractivity contribution is -0.133. The number of carbonyl (C=O) groups excluding carboxylic acids is 2. The highest BCUT2D eigenvalue weighted by Gasteiger charge is 2.60. The van der Waals surface area contributed by atoms with E-state index in [1.165, 1.54) is 11.0 Å². The second kappa shape index (κ2) is 8.10. The molecule has 3 amide bonds. The molecule has 1 aromatic carbocycles. The molecule has 0 spiro atoms. The maximum absolute atomic E-state index is 14.3. The molecular formula is C26H28ClFN4O3. The number of H-pyrrole nitrogens is 1. The van der Waals surface area contributed by atoms with Crippen LogP contribution >= 0.6 is 11.6 Å². The Bertz CT molecular complexity index is 1310. The molecule has 0 radical (unpaired) electrons. The summed E-state index contributed by atoms with van der Waals surface area (Å²) in [4.78, 5) is 36.3. The van der Waals surface area contributed by atoms with Gasteiger partial charge in [0.05, 0.1) is 10.8 Å². The maximum Gasteiger partial charge on any atom is 0.328 e. The predicted octanol–water partition coefficient (Wildman–Crippen LogP) is 4.84. The number of aromatic amines is 1. The van der Waals surface area contributed by atoms with Gasteiger partial charge < -0.3 is 15.0 Å². The summed E-state index contributed by atoms with van der Waals surface area (Å²) in [5, 5.41) is 11.1. The first-order valence-corrected chi connectivity index (χ1v) is 12.6. The van der Waals surface area contributed by atoms with Gasteiger partial charge in [-0.05, 0) is 68.6 Å². The summed E-state index contributed by atoms with van der Waals surface area (Å²) >= 11 is 6.13. The number of fused-ring (bicyclic) bond motifs is 4. The van der Waals surface area contributed by atoms with Gasteiger partial charge in [0.2, 0.25) is 0 Å². The zero-order valence-corrected chi connectivity index (χ0v) is 20.4. The third kappa shape index (κ3) is 3.41. The number of hydrogen-bond donors (Lipinski definition) is 2. The van der Waals surface area contributed by atoms with E-state index < -0.39 is 17.4 Å². The van der Waals surface area contributed by atoms with E-state index in [2.05, 4.69) is 9.88 Å². The van der Waals surface area contributed by atoms with Gasteiger partial charge in [-0.3, -0.25) is 14.6 Å². The van der Waals surface area contributed by atoms with Crippen molar-refractivity contribution < 1.29 is 19.1 Å². The number of aliphatic hydroxyl groups excluding tert-OH is 1. The molecule has 0 saturated carbocycles. The van der Waals surface area contributed by atoms with Crippen molar-refractivity contribution in [2.45, 2.75) is 50.6 Å². The number of rotatable bonds is 4. The van der Waals surface area contributed by atoms with Gasteiger partial charge in [-0.2, -0.15) is 0 Å². The number of likely N-dealkylation sites (tertiary alicyclic amines) is 1. The van der Waals surface area contributed by atoms with Crippen LogP contribution in [0.25, 0.3) is 10.9 Å². The number of imide groups is 1. The van der Waals surface area contributed by atoms with Crippen LogP contribution in [0, 0.1) is 5.82 Å². The molecule has 0 unspecified atom stereocenters. The summed E-state index contributed by atoms with van der Waals surface area (Å²) in [5.74, 6) is -0.509. The molecule has 6 rings (SSSR count). The Balaban J connectivity index is 1.47. The van der Waals surface area contributed by atoms with E-state index >= 15 is 0 Å². The molecule has 2 fully saturated rings. The van der Waals surface area contributed by atoms with Crippen LogP contribution in [0.3, 0.4) is 0 Å². The predicted molar refractivity (Wildman–Crippen MR) is 131 cm³/mol. The number of amides is 3. The summed E-state index contributed by atoms with van der Waals surface area (Å²) < 4.78 is 14.3. The zero-order chi connectivity index (χ0) is 24.5. The molecule has 35 heavy (non-hydrogen) atoms. The number of nitrogens with one attached hydrogen (secondary N) is 1. The Morgan fingerprint density at radius 2 is 2.00 bits per heavy atom. The lowest BCUT2D eigenvalue weighted by atomic mass is 9.80. The van der Waals surface area contributed by atoms with E-state index in [9.17, 15) is 19.1 Å². The summed E-state index contributed by atoms with van der Waals surface area (Å²) in [6.07, 6.45) is 7.44. The second-order valence-electron chi connectivity index (χ2n) is 10.2. The van der Waals surface area contributed by atoms with Gasteiger partial charge in [0, 0.05) is 42.5 Å². The van der Waals surface area contributed by atoms with E-state index in [-0.39, 0.29) is 22.7 Å². The second-order valence-corrected chi connectivity index (χ2v) is 10.6. The number of benzene rings is 1. The minimum atomic E-state index is -1.10. The standard InChI is InChI=1S/C26H28ClFN4O3/c1-26-14-18-17-12-19(27)20(28)13-21(17)29-22(18)23(15-5-4-6-16(33)11-15)32(26)25(35)31(24(26)34)10-9-30-7-2-3-8-30/h5,11-13,23,29,33H,2-4,6-10,14H2,1H3/t23-,26+/m1/s1. The van der Waals surface area contributed by atoms with Crippen LogP contribution in [-0.4, -0.2) is 68.4 Å². The molecule has 184 valence electrons. The lowest BCUT2D eigenvalue weighted by Crippen LogP contribution is -2.53. The highest BCUT2D eigenvalue weighted by atomic mass is 35.5. The van der Waals surface area contributed by atoms with E-state index in [1.807, 2.05) is 13.0 Å². The third-order valence-electron chi connectivity index (χ3n) is 7.98. The summed E-state index contributed by atoms with van der Waals surface area (Å²) in [6.45, 7) is 4.81. The quantitative estimate of drug-likeness (QED) is 0.591. The van der Waals surface area contributed by atoms with Crippen molar-refractivity contribution in [2.75, 3.05) is 26.2 Å². The molecule has 9 heteroatoms. The number of carbonyl (C=O) groups is 2. The molecule has 3 aliphatic heterocycles. The molecule has 2 aromatic rings. The maximum atomic E-state index is 14.3. The molecule has 4 heterocycles. The number of nitrogens with zero attached hydrogens (tertiary/aromatic N) is 3. The first-order chi connectivity index (χ1) is 16.8. The molecule has 2 atom stereocenters. The summed E-state index contributed by atoms with van der Waals surface area (Å²) in [6, 6.07) is 2.02. The van der Waals surface area contributed by atoms with Crippen molar-refractivity contribution >= 4 is 34.4 Å². The van der Waals surface area contributed by atoms with Gasteiger partial charge >= 0.3 is 6.03 Å². The van der Waals surface area contributed by atoms with Crippen molar-refractivity contribution in [3.05, 3.63) is 57.7 Å². The molecular weight excluding hydrogens is 471 g/mol. The summed E-state index contributed by atoms with van der Waals surface area (Å²) in [5.41, 5.74) is 1.81. The highest BCUT2D eigenvalue weighted by molar-refractivity contribution is 6.31. The Hall–Kier alpha value is -2.84. The largest absolute Gasteiger partial charge is 0.512 e. The van der Waals surface area contributed by atoms with E-state index in [0.717, 1.165) is 48.1 Å². The van der Waals surface area contributed by atoms with Crippen LogP contribution in [0.4, 0.5) is 9.18 Å². The first-order valence-electron chi connectivity index (χ1n) is 12.2. The Morgan fingerprint density at radius 1 is 1.23 bits per heavy atom. The van der Waals surface area contributed by atoms with Gasteiger partial charge in [0.15, 0.2) is 0 Å². The minimum absolute atomic E-state index is 0.0129. The Kier molecular flexibility index (Phi) is 5.23. The van der Waals surface area contributed by atoms with Crippen LogP contribution in [0.2, 0.25) is 5.02 Å². The molecule has 1 aliphatic carbocycles. The number of aliphatic hydroxyl groups is 1. The van der Waals surface area contributed by atoms with Gasteiger partial charge in [-0.15, -0.1) is 0 Å². The number of allylic oxidation sites excluding steroid dienone is 2. The van der Waals surface area contributed by atoms with Crippen LogP contribution in [0.1, 0.15) is 49.9 Å². The smallest absolute Gasteiger partial charge is 0.328 e. The average molecular weight is 499 g/mol.